The molecule has 0 radical (unpaired) electrons. The van der Waals surface area contributed by atoms with Gasteiger partial charge in [-0.1, -0.05) is 13.8 Å². The Morgan fingerprint density at radius 3 is 2.12 bits per heavy atom. The third-order valence-electron chi connectivity index (χ3n) is 2.53. The summed E-state index contributed by atoms with van der Waals surface area (Å²) in [5.41, 5.74) is -1.29. The summed E-state index contributed by atoms with van der Waals surface area (Å²) >= 11 is 0. The summed E-state index contributed by atoms with van der Waals surface area (Å²) in [6, 6.07) is 1.67. The average Bonchev–Trinajstić information content (AvgIpc) is 2.27. The van der Waals surface area contributed by atoms with Crippen molar-refractivity contribution in [3.63, 3.8) is 0 Å². The maximum atomic E-state index is 11.7. The fourth-order valence-electron chi connectivity index (χ4n) is 1.16. The van der Waals surface area contributed by atoms with Crippen molar-refractivity contribution in [1.82, 2.24) is 4.72 Å². The predicted octanol–water partition coefficient (Wildman–Crippen LogP) is -0.659. The standard InChI is InChI=1S/C9H18N2O4S/c1-3-8(5-10)16(14,15)11-9(4-2,6-12)7-13/h8,11-13H,3-4,6-7H2,1-2H3. The van der Waals surface area contributed by atoms with Crippen LogP contribution >= 0.6 is 0 Å². The van der Waals surface area contributed by atoms with Gasteiger partial charge >= 0.3 is 0 Å². The summed E-state index contributed by atoms with van der Waals surface area (Å²) in [5, 5.41) is 25.7. The summed E-state index contributed by atoms with van der Waals surface area (Å²) in [7, 11) is -3.85. The van der Waals surface area contributed by atoms with E-state index in [2.05, 4.69) is 4.72 Å². The second-order valence-electron chi connectivity index (χ2n) is 3.62. The molecule has 0 aromatic heterocycles. The molecule has 0 saturated heterocycles. The van der Waals surface area contributed by atoms with Crippen molar-refractivity contribution in [3.05, 3.63) is 0 Å². The molecule has 1 unspecified atom stereocenters. The lowest BCUT2D eigenvalue weighted by Crippen LogP contribution is -2.55. The molecule has 16 heavy (non-hydrogen) atoms. The Morgan fingerprint density at radius 2 is 1.88 bits per heavy atom. The molecule has 1 atom stereocenters. The largest absolute Gasteiger partial charge is 0.394 e. The zero-order valence-electron chi connectivity index (χ0n) is 9.47. The van der Waals surface area contributed by atoms with Crippen molar-refractivity contribution in [2.24, 2.45) is 0 Å². The number of aliphatic hydroxyl groups is 2. The molecule has 0 heterocycles. The summed E-state index contributed by atoms with van der Waals surface area (Å²) in [4.78, 5) is 0. The highest BCUT2D eigenvalue weighted by Gasteiger charge is 2.35. The van der Waals surface area contributed by atoms with Gasteiger partial charge in [-0.15, -0.1) is 0 Å². The van der Waals surface area contributed by atoms with Gasteiger partial charge in [0.2, 0.25) is 10.0 Å². The van der Waals surface area contributed by atoms with Gasteiger partial charge in [-0.25, -0.2) is 13.1 Å². The van der Waals surface area contributed by atoms with Crippen LogP contribution in [0, 0.1) is 11.3 Å². The van der Waals surface area contributed by atoms with E-state index < -0.39 is 34.0 Å². The lowest BCUT2D eigenvalue weighted by atomic mass is 10.0. The van der Waals surface area contributed by atoms with Gasteiger partial charge < -0.3 is 10.2 Å². The second-order valence-corrected chi connectivity index (χ2v) is 5.49. The lowest BCUT2D eigenvalue weighted by molar-refractivity contribution is 0.105. The molecule has 0 aliphatic carbocycles. The quantitative estimate of drug-likeness (QED) is 0.555. The second kappa shape index (κ2) is 6.15. The third-order valence-corrected chi connectivity index (χ3v) is 4.44. The van der Waals surface area contributed by atoms with Gasteiger partial charge in [-0.05, 0) is 12.8 Å². The molecule has 0 rings (SSSR count). The van der Waals surface area contributed by atoms with E-state index in [1.807, 2.05) is 0 Å². The lowest BCUT2D eigenvalue weighted by Gasteiger charge is -2.30. The summed E-state index contributed by atoms with van der Waals surface area (Å²) < 4.78 is 25.7. The molecule has 0 aliphatic heterocycles. The molecule has 94 valence electrons. The Balaban J connectivity index is 5.02. The summed E-state index contributed by atoms with van der Waals surface area (Å²) in [5.74, 6) is 0. The number of hydrogen-bond acceptors (Lipinski definition) is 5. The van der Waals surface area contributed by atoms with Crippen LogP contribution in [0.3, 0.4) is 0 Å². The van der Waals surface area contributed by atoms with Gasteiger partial charge in [0.05, 0.1) is 24.8 Å². The molecule has 0 spiro atoms. The molecule has 0 fully saturated rings. The molecule has 0 aliphatic rings. The van der Waals surface area contributed by atoms with Gasteiger partial charge in [0, 0.05) is 0 Å². The van der Waals surface area contributed by atoms with E-state index >= 15 is 0 Å². The minimum atomic E-state index is -3.85. The van der Waals surface area contributed by atoms with Crippen LogP contribution in [-0.4, -0.2) is 42.6 Å². The van der Waals surface area contributed by atoms with Crippen LogP contribution in [0.1, 0.15) is 26.7 Å². The van der Waals surface area contributed by atoms with E-state index in [4.69, 9.17) is 15.5 Å². The van der Waals surface area contributed by atoms with Crippen molar-refractivity contribution >= 4 is 10.0 Å². The first kappa shape index (κ1) is 15.3. The number of nitriles is 1. The summed E-state index contributed by atoms with van der Waals surface area (Å²) in [6.07, 6.45) is 0.392. The number of rotatable bonds is 7. The SMILES string of the molecule is CCC(C#N)S(=O)(=O)NC(CC)(CO)CO. The number of nitrogens with zero attached hydrogens (tertiary/aromatic N) is 1. The Kier molecular flexibility index (Phi) is 5.89. The van der Waals surface area contributed by atoms with E-state index in [0.29, 0.717) is 0 Å². The molecular weight excluding hydrogens is 232 g/mol. The van der Waals surface area contributed by atoms with Crippen LogP contribution in [0.15, 0.2) is 0 Å². The van der Waals surface area contributed by atoms with Crippen molar-refractivity contribution in [2.75, 3.05) is 13.2 Å². The van der Waals surface area contributed by atoms with Gasteiger partial charge in [-0.3, -0.25) is 0 Å². The highest BCUT2D eigenvalue weighted by atomic mass is 32.2. The molecular formula is C9H18N2O4S. The van der Waals surface area contributed by atoms with E-state index in [-0.39, 0.29) is 12.8 Å². The van der Waals surface area contributed by atoms with Gasteiger partial charge in [0.25, 0.3) is 0 Å². The van der Waals surface area contributed by atoms with Crippen LogP contribution in [0.2, 0.25) is 0 Å². The van der Waals surface area contributed by atoms with Crippen LogP contribution in [0.25, 0.3) is 0 Å². The first-order valence-corrected chi connectivity index (χ1v) is 6.60. The Bertz CT molecular complexity index is 335. The van der Waals surface area contributed by atoms with Gasteiger partial charge in [0.1, 0.15) is 0 Å². The highest BCUT2D eigenvalue weighted by Crippen LogP contribution is 2.13. The van der Waals surface area contributed by atoms with Gasteiger partial charge in [0.15, 0.2) is 5.25 Å². The molecule has 6 nitrogen and oxygen atoms in total. The third kappa shape index (κ3) is 3.42. The molecule has 0 amide bonds. The normalized spacial score (nSPS) is 14.4. The van der Waals surface area contributed by atoms with Crippen molar-refractivity contribution < 1.29 is 18.6 Å². The predicted molar refractivity (Wildman–Crippen MR) is 58.9 cm³/mol. The number of sulfonamides is 1. The number of aliphatic hydroxyl groups excluding tert-OH is 2. The van der Waals surface area contributed by atoms with Crippen LogP contribution in [-0.2, 0) is 10.0 Å². The minimum Gasteiger partial charge on any atom is -0.394 e. The van der Waals surface area contributed by atoms with Crippen LogP contribution < -0.4 is 4.72 Å². The minimum absolute atomic E-state index is 0.155. The van der Waals surface area contributed by atoms with Crippen molar-refractivity contribution in [1.29, 1.82) is 5.26 Å². The highest BCUT2D eigenvalue weighted by molar-refractivity contribution is 7.90. The topological polar surface area (TPSA) is 110 Å². The van der Waals surface area contributed by atoms with Crippen molar-refractivity contribution in [2.45, 2.75) is 37.5 Å². The number of nitrogens with one attached hydrogen (secondary N) is 1. The number of hydrogen-bond donors (Lipinski definition) is 3. The fourth-order valence-corrected chi connectivity index (χ4v) is 2.76. The van der Waals surface area contributed by atoms with E-state index in [1.54, 1.807) is 19.9 Å². The van der Waals surface area contributed by atoms with E-state index in [9.17, 15) is 8.42 Å². The summed E-state index contributed by atoms with van der Waals surface area (Å²) in [6.45, 7) is 2.20. The maximum absolute atomic E-state index is 11.7. The zero-order chi connectivity index (χ0) is 12.8. The van der Waals surface area contributed by atoms with Crippen LogP contribution in [0.4, 0.5) is 0 Å². The Labute approximate surface area is 96.0 Å². The van der Waals surface area contributed by atoms with Crippen molar-refractivity contribution in [3.8, 4) is 6.07 Å². The molecule has 3 N–H and O–H groups in total. The molecule has 0 aromatic carbocycles. The Hall–Kier alpha value is -0.680. The fraction of sp³-hybridized carbons (Fsp3) is 0.889. The average molecular weight is 250 g/mol. The first-order chi connectivity index (χ1) is 7.41. The van der Waals surface area contributed by atoms with Gasteiger partial charge in [-0.2, -0.15) is 5.26 Å². The smallest absolute Gasteiger partial charge is 0.228 e. The van der Waals surface area contributed by atoms with E-state index in [0.717, 1.165) is 0 Å². The first-order valence-electron chi connectivity index (χ1n) is 5.05. The molecule has 7 heteroatoms. The van der Waals surface area contributed by atoms with Crippen LogP contribution in [0.5, 0.6) is 0 Å². The molecule has 0 bridgehead atoms. The van der Waals surface area contributed by atoms with E-state index in [1.165, 1.54) is 0 Å². The molecule has 0 aromatic rings. The molecule has 0 saturated carbocycles. The Morgan fingerprint density at radius 1 is 1.38 bits per heavy atom. The monoisotopic (exact) mass is 250 g/mol. The maximum Gasteiger partial charge on any atom is 0.228 e. The zero-order valence-corrected chi connectivity index (χ0v) is 10.3.